The highest BCUT2D eigenvalue weighted by Gasteiger charge is 2.31. The van der Waals surface area contributed by atoms with E-state index in [1.807, 2.05) is 19.1 Å². The fourth-order valence-corrected chi connectivity index (χ4v) is 1.82. The summed E-state index contributed by atoms with van der Waals surface area (Å²) in [5.41, 5.74) is 0.724. The van der Waals surface area contributed by atoms with Gasteiger partial charge in [-0.2, -0.15) is 0 Å². The molecule has 0 aliphatic heterocycles. The predicted molar refractivity (Wildman–Crippen MR) is 54.9 cm³/mol. The van der Waals surface area contributed by atoms with Crippen molar-refractivity contribution in [3.8, 4) is 0 Å². The molecule has 0 fully saturated rings. The van der Waals surface area contributed by atoms with Crippen LogP contribution in [0.25, 0.3) is 0 Å². The first-order valence-electron chi connectivity index (χ1n) is 4.76. The third-order valence-corrected chi connectivity index (χ3v) is 2.56. The van der Waals surface area contributed by atoms with Gasteiger partial charge in [0.15, 0.2) is 0 Å². The Morgan fingerprint density at radius 1 is 1.50 bits per heavy atom. The second-order valence-corrected chi connectivity index (χ2v) is 3.62. The van der Waals surface area contributed by atoms with Crippen LogP contribution >= 0.6 is 0 Å². The molecule has 1 N–H and O–H groups in total. The standard InChI is InChI=1S/C11H18O3/c1-9-6-10(13-2)8-11(7-9,14-3)4-5-12/h6-7,12H,4-5,8H2,1-3H3. The van der Waals surface area contributed by atoms with E-state index in [2.05, 4.69) is 0 Å². The van der Waals surface area contributed by atoms with Crippen LogP contribution in [0, 0.1) is 0 Å². The van der Waals surface area contributed by atoms with Crippen molar-refractivity contribution in [3.63, 3.8) is 0 Å². The van der Waals surface area contributed by atoms with Gasteiger partial charge in [0, 0.05) is 26.6 Å². The molecule has 1 atom stereocenters. The molecule has 0 spiro atoms. The Labute approximate surface area is 85.0 Å². The van der Waals surface area contributed by atoms with Gasteiger partial charge in [0.2, 0.25) is 0 Å². The zero-order chi connectivity index (χ0) is 10.6. The van der Waals surface area contributed by atoms with Crippen molar-refractivity contribution in [2.75, 3.05) is 20.8 Å². The van der Waals surface area contributed by atoms with Gasteiger partial charge in [-0.05, 0) is 24.6 Å². The van der Waals surface area contributed by atoms with Gasteiger partial charge in [-0.15, -0.1) is 0 Å². The van der Waals surface area contributed by atoms with Crippen LogP contribution in [0.3, 0.4) is 0 Å². The molecule has 1 aliphatic carbocycles. The molecule has 80 valence electrons. The number of ether oxygens (including phenoxy) is 2. The lowest BCUT2D eigenvalue weighted by atomic mass is 9.88. The Hall–Kier alpha value is -0.800. The Morgan fingerprint density at radius 3 is 2.71 bits per heavy atom. The second-order valence-electron chi connectivity index (χ2n) is 3.62. The van der Waals surface area contributed by atoms with E-state index < -0.39 is 0 Å². The van der Waals surface area contributed by atoms with E-state index in [0.29, 0.717) is 12.8 Å². The average Bonchev–Trinajstić information content (AvgIpc) is 2.17. The molecule has 1 rings (SSSR count). The number of aliphatic hydroxyl groups excluding tert-OH is 1. The molecule has 0 radical (unpaired) electrons. The molecule has 1 unspecified atom stereocenters. The summed E-state index contributed by atoms with van der Waals surface area (Å²) in [5, 5.41) is 8.99. The lowest BCUT2D eigenvalue weighted by molar-refractivity contribution is 0.000631. The van der Waals surface area contributed by atoms with Gasteiger partial charge in [0.1, 0.15) is 0 Å². The molecule has 0 amide bonds. The molecule has 0 aromatic carbocycles. The van der Waals surface area contributed by atoms with Crippen LogP contribution < -0.4 is 0 Å². The van der Waals surface area contributed by atoms with E-state index >= 15 is 0 Å². The quantitative estimate of drug-likeness (QED) is 0.746. The summed E-state index contributed by atoms with van der Waals surface area (Å²) in [6.45, 7) is 2.12. The molecule has 3 heteroatoms. The molecule has 14 heavy (non-hydrogen) atoms. The average molecular weight is 198 g/mol. The minimum absolute atomic E-state index is 0.120. The lowest BCUT2D eigenvalue weighted by Crippen LogP contribution is -2.33. The van der Waals surface area contributed by atoms with Crippen LogP contribution in [0.15, 0.2) is 23.5 Å². The van der Waals surface area contributed by atoms with Crippen LogP contribution in [0.5, 0.6) is 0 Å². The molecule has 0 aromatic rings. The maximum Gasteiger partial charge on any atom is 0.0990 e. The van der Waals surface area contributed by atoms with Crippen LogP contribution in [-0.4, -0.2) is 31.5 Å². The topological polar surface area (TPSA) is 38.7 Å². The summed E-state index contributed by atoms with van der Waals surface area (Å²) in [4.78, 5) is 0. The maximum absolute atomic E-state index is 8.99. The Bertz CT molecular complexity index is 255. The van der Waals surface area contributed by atoms with E-state index in [0.717, 1.165) is 11.3 Å². The third kappa shape index (κ3) is 2.36. The fourth-order valence-electron chi connectivity index (χ4n) is 1.82. The van der Waals surface area contributed by atoms with Gasteiger partial charge in [0.25, 0.3) is 0 Å². The van der Waals surface area contributed by atoms with Gasteiger partial charge in [-0.25, -0.2) is 0 Å². The van der Waals surface area contributed by atoms with Gasteiger partial charge in [-0.1, -0.05) is 0 Å². The largest absolute Gasteiger partial charge is 0.501 e. The van der Waals surface area contributed by atoms with E-state index in [1.54, 1.807) is 14.2 Å². The van der Waals surface area contributed by atoms with Crippen LogP contribution in [0.2, 0.25) is 0 Å². The van der Waals surface area contributed by atoms with Crippen molar-refractivity contribution in [3.05, 3.63) is 23.5 Å². The van der Waals surface area contributed by atoms with Crippen molar-refractivity contribution in [2.24, 2.45) is 0 Å². The first-order chi connectivity index (χ1) is 6.65. The van der Waals surface area contributed by atoms with Crippen molar-refractivity contribution in [1.82, 2.24) is 0 Å². The van der Waals surface area contributed by atoms with E-state index in [1.165, 1.54) is 0 Å². The normalized spacial score (nSPS) is 26.9. The molecule has 0 heterocycles. The van der Waals surface area contributed by atoms with Crippen LogP contribution in [0.4, 0.5) is 0 Å². The number of hydrogen-bond acceptors (Lipinski definition) is 3. The summed E-state index contributed by atoms with van der Waals surface area (Å²) < 4.78 is 10.7. The lowest BCUT2D eigenvalue weighted by Gasteiger charge is -2.32. The third-order valence-electron chi connectivity index (χ3n) is 2.56. The van der Waals surface area contributed by atoms with Gasteiger partial charge in [0.05, 0.1) is 18.5 Å². The van der Waals surface area contributed by atoms with E-state index in [4.69, 9.17) is 14.6 Å². The van der Waals surface area contributed by atoms with Crippen molar-refractivity contribution < 1.29 is 14.6 Å². The zero-order valence-electron chi connectivity index (χ0n) is 9.04. The number of methoxy groups -OCH3 is 2. The molecule has 1 aliphatic rings. The second kappa shape index (κ2) is 4.62. The van der Waals surface area contributed by atoms with Crippen molar-refractivity contribution in [1.29, 1.82) is 0 Å². The molecule has 0 saturated carbocycles. The van der Waals surface area contributed by atoms with E-state index in [9.17, 15) is 0 Å². The minimum atomic E-state index is -0.390. The van der Waals surface area contributed by atoms with Gasteiger partial charge < -0.3 is 14.6 Å². The maximum atomic E-state index is 8.99. The predicted octanol–water partition coefficient (Wildman–Crippen LogP) is 1.63. The highest BCUT2D eigenvalue weighted by Crippen LogP contribution is 2.32. The van der Waals surface area contributed by atoms with Gasteiger partial charge >= 0.3 is 0 Å². The highest BCUT2D eigenvalue weighted by atomic mass is 16.5. The van der Waals surface area contributed by atoms with Gasteiger partial charge in [-0.3, -0.25) is 0 Å². The van der Waals surface area contributed by atoms with E-state index in [-0.39, 0.29) is 12.2 Å². The summed E-state index contributed by atoms with van der Waals surface area (Å²) in [6, 6.07) is 0. The summed E-state index contributed by atoms with van der Waals surface area (Å²) in [6.07, 6.45) is 5.33. The molecule has 0 bridgehead atoms. The molecule has 0 aromatic heterocycles. The van der Waals surface area contributed by atoms with Crippen LogP contribution in [-0.2, 0) is 9.47 Å². The highest BCUT2D eigenvalue weighted by molar-refractivity contribution is 5.30. The zero-order valence-corrected chi connectivity index (χ0v) is 9.04. The molecular weight excluding hydrogens is 180 g/mol. The smallest absolute Gasteiger partial charge is 0.0990 e. The SMILES string of the molecule is COC1=CC(C)=CC(CCO)(OC)C1. The Balaban J connectivity index is 2.86. The van der Waals surface area contributed by atoms with Crippen LogP contribution in [0.1, 0.15) is 19.8 Å². The Kier molecular flexibility index (Phi) is 3.72. The fraction of sp³-hybridized carbons (Fsp3) is 0.636. The van der Waals surface area contributed by atoms with Crippen molar-refractivity contribution >= 4 is 0 Å². The monoisotopic (exact) mass is 198 g/mol. The first kappa shape index (κ1) is 11.3. The summed E-state index contributed by atoms with van der Waals surface area (Å²) >= 11 is 0. The number of rotatable bonds is 4. The first-order valence-corrected chi connectivity index (χ1v) is 4.76. The summed E-state index contributed by atoms with van der Waals surface area (Å²) in [7, 11) is 3.32. The van der Waals surface area contributed by atoms with Crippen molar-refractivity contribution in [2.45, 2.75) is 25.4 Å². The minimum Gasteiger partial charge on any atom is -0.501 e. The number of hydrogen-bond donors (Lipinski definition) is 1. The molecule has 3 nitrogen and oxygen atoms in total. The number of allylic oxidation sites excluding steroid dienone is 2. The Morgan fingerprint density at radius 2 is 2.21 bits per heavy atom. The summed E-state index contributed by atoms with van der Waals surface area (Å²) in [5.74, 6) is 0.903. The number of aliphatic hydroxyl groups is 1. The molecular formula is C11H18O3. The molecule has 0 saturated heterocycles.